The molecule has 1 amide bonds. The van der Waals surface area contributed by atoms with Crippen LogP contribution < -0.4 is 10.2 Å². The molecule has 1 atom stereocenters. The molecule has 0 bridgehead atoms. The summed E-state index contributed by atoms with van der Waals surface area (Å²) in [7, 11) is 0. The second kappa shape index (κ2) is 8.64. The third-order valence-electron chi connectivity index (χ3n) is 5.60. The van der Waals surface area contributed by atoms with Crippen LogP contribution in [0, 0.1) is 23.0 Å². The van der Waals surface area contributed by atoms with Crippen LogP contribution >= 0.6 is 0 Å². The predicted octanol–water partition coefficient (Wildman–Crippen LogP) is 5.52. The van der Waals surface area contributed by atoms with Gasteiger partial charge in [-0.05, 0) is 54.9 Å². The molecule has 0 spiro atoms. The third-order valence-corrected chi connectivity index (χ3v) is 5.60. The number of anilines is 2. The summed E-state index contributed by atoms with van der Waals surface area (Å²) in [6.45, 7) is 9.86. The van der Waals surface area contributed by atoms with E-state index in [1.54, 1.807) is 12.1 Å². The van der Waals surface area contributed by atoms with Crippen LogP contribution in [0.25, 0.3) is 0 Å². The highest BCUT2D eigenvalue weighted by molar-refractivity contribution is 6.06. The number of benzene rings is 2. The van der Waals surface area contributed by atoms with Crippen LogP contribution in [0.15, 0.2) is 36.4 Å². The Morgan fingerprint density at radius 1 is 1.28 bits per heavy atom. The van der Waals surface area contributed by atoms with Crippen molar-refractivity contribution in [3.63, 3.8) is 0 Å². The summed E-state index contributed by atoms with van der Waals surface area (Å²) < 4.78 is 0. The fourth-order valence-electron chi connectivity index (χ4n) is 4.01. The van der Waals surface area contributed by atoms with Gasteiger partial charge in [-0.15, -0.1) is 0 Å². The van der Waals surface area contributed by atoms with E-state index >= 15 is 0 Å². The van der Waals surface area contributed by atoms with Gasteiger partial charge in [-0.25, -0.2) is 0 Å². The van der Waals surface area contributed by atoms with Crippen LogP contribution in [0.3, 0.4) is 0 Å². The summed E-state index contributed by atoms with van der Waals surface area (Å²) in [6.07, 6.45) is 2.16. The maximum atomic E-state index is 12.9. The largest absolute Gasteiger partial charge is 0.366 e. The SMILES string of the molecule is Cc1cccc(C(C)C)c1NC(=O)c1ccc(N2CCC[C@H](C)C2)c([N+](=O)[O-])c1. The predicted molar refractivity (Wildman–Crippen MR) is 117 cm³/mol. The van der Waals surface area contributed by atoms with Gasteiger partial charge in [-0.1, -0.05) is 39.0 Å². The van der Waals surface area contributed by atoms with Crippen molar-refractivity contribution in [3.05, 3.63) is 63.2 Å². The summed E-state index contributed by atoms with van der Waals surface area (Å²) in [5, 5.41) is 14.7. The monoisotopic (exact) mass is 395 g/mol. The molecule has 1 fully saturated rings. The molecule has 0 radical (unpaired) electrons. The van der Waals surface area contributed by atoms with Gasteiger partial charge in [0.15, 0.2) is 0 Å². The molecule has 0 aliphatic carbocycles. The molecule has 29 heavy (non-hydrogen) atoms. The first kappa shape index (κ1) is 20.8. The lowest BCUT2D eigenvalue weighted by Gasteiger charge is -2.32. The lowest BCUT2D eigenvalue weighted by Crippen LogP contribution is -2.34. The van der Waals surface area contributed by atoms with Crippen molar-refractivity contribution in [2.75, 3.05) is 23.3 Å². The third kappa shape index (κ3) is 4.58. The van der Waals surface area contributed by atoms with Crippen LogP contribution in [0.4, 0.5) is 17.1 Å². The van der Waals surface area contributed by atoms with Crippen molar-refractivity contribution in [2.45, 2.75) is 46.5 Å². The topological polar surface area (TPSA) is 75.5 Å². The number of hydrogen-bond acceptors (Lipinski definition) is 4. The molecule has 6 heteroatoms. The molecule has 6 nitrogen and oxygen atoms in total. The van der Waals surface area contributed by atoms with E-state index in [4.69, 9.17) is 0 Å². The fraction of sp³-hybridized carbons (Fsp3) is 0.435. The molecule has 0 unspecified atom stereocenters. The summed E-state index contributed by atoms with van der Waals surface area (Å²) in [6, 6.07) is 10.7. The summed E-state index contributed by atoms with van der Waals surface area (Å²) >= 11 is 0. The van der Waals surface area contributed by atoms with Crippen molar-refractivity contribution < 1.29 is 9.72 Å². The molecule has 0 aromatic heterocycles. The first-order valence-corrected chi connectivity index (χ1v) is 10.2. The van der Waals surface area contributed by atoms with E-state index in [-0.39, 0.29) is 17.5 Å². The van der Waals surface area contributed by atoms with Crippen molar-refractivity contribution in [1.82, 2.24) is 0 Å². The molecule has 1 aliphatic heterocycles. The molecule has 2 aromatic carbocycles. The highest BCUT2D eigenvalue weighted by Crippen LogP contribution is 2.33. The highest BCUT2D eigenvalue weighted by Gasteiger charge is 2.25. The zero-order chi connectivity index (χ0) is 21.1. The van der Waals surface area contributed by atoms with Gasteiger partial charge in [0.05, 0.1) is 4.92 Å². The Labute approximate surface area is 172 Å². The number of para-hydroxylation sites is 1. The van der Waals surface area contributed by atoms with E-state index in [9.17, 15) is 14.9 Å². The van der Waals surface area contributed by atoms with Crippen molar-refractivity contribution in [3.8, 4) is 0 Å². The molecule has 3 rings (SSSR count). The number of rotatable bonds is 5. The van der Waals surface area contributed by atoms with Gasteiger partial charge >= 0.3 is 0 Å². The van der Waals surface area contributed by atoms with Crippen LogP contribution in [0.2, 0.25) is 0 Å². The highest BCUT2D eigenvalue weighted by atomic mass is 16.6. The van der Waals surface area contributed by atoms with Crippen LogP contribution in [0.5, 0.6) is 0 Å². The molecule has 0 saturated carbocycles. The lowest BCUT2D eigenvalue weighted by atomic mass is 9.97. The van der Waals surface area contributed by atoms with E-state index in [1.165, 1.54) is 6.07 Å². The van der Waals surface area contributed by atoms with Crippen LogP contribution in [-0.4, -0.2) is 23.9 Å². The standard InChI is InChI=1S/C23H29N3O3/c1-15(2)19-9-5-8-17(4)22(19)24-23(27)18-10-11-20(21(13-18)26(28)29)25-12-6-7-16(3)14-25/h5,8-11,13,15-16H,6-7,12,14H2,1-4H3,(H,24,27)/t16-/m0/s1. The Morgan fingerprint density at radius 3 is 2.69 bits per heavy atom. The maximum absolute atomic E-state index is 12.9. The molecule has 154 valence electrons. The minimum atomic E-state index is -0.390. The number of nitro benzene ring substituents is 1. The van der Waals surface area contributed by atoms with Gasteiger partial charge < -0.3 is 10.2 Å². The minimum absolute atomic E-state index is 0.0133. The number of aryl methyl sites for hydroxylation is 1. The van der Waals surface area contributed by atoms with Gasteiger partial charge in [0.25, 0.3) is 11.6 Å². The summed E-state index contributed by atoms with van der Waals surface area (Å²) in [5.74, 6) is 0.424. The molecular formula is C23H29N3O3. The zero-order valence-electron chi connectivity index (χ0n) is 17.6. The van der Waals surface area contributed by atoms with Gasteiger partial charge in [0, 0.05) is 30.4 Å². The fourth-order valence-corrected chi connectivity index (χ4v) is 4.01. The van der Waals surface area contributed by atoms with Crippen molar-refractivity contribution in [1.29, 1.82) is 0 Å². The smallest absolute Gasteiger partial charge is 0.293 e. The van der Waals surface area contributed by atoms with Gasteiger partial charge in [-0.2, -0.15) is 0 Å². The number of nitrogens with one attached hydrogen (secondary N) is 1. The first-order valence-electron chi connectivity index (χ1n) is 10.2. The maximum Gasteiger partial charge on any atom is 0.293 e. The number of hydrogen-bond donors (Lipinski definition) is 1. The number of amides is 1. The first-order chi connectivity index (χ1) is 13.8. The number of nitrogens with zero attached hydrogens (tertiary/aromatic N) is 2. The molecule has 1 N–H and O–H groups in total. The summed E-state index contributed by atoms with van der Waals surface area (Å²) in [4.78, 5) is 26.3. The Hall–Kier alpha value is -2.89. The Morgan fingerprint density at radius 2 is 2.03 bits per heavy atom. The average Bonchev–Trinajstić information content (AvgIpc) is 2.68. The number of carbonyl (C=O) groups excluding carboxylic acids is 1. The minimum Gasteiger partial charge on any atom is -0.366 e. The van der Waals surface area contributed by atoms with E-state index < -0.39 is 4.92 Å². The van der Waals surface area contributed by atoms with E-state index in [2.05, 4.69) is 31.0 Å². The van der Waals surface area contributed by atoms with Crippen molar-refractivity contribution >= 4 is 23.0 Å². The summed E-state index contributed by atoms with van der Waals surface area (Å²) in [5.41, 5.74) is 3.68. The second-order valence-electron chi connectivity index (χ2n) is 8.30. The second-order valence-corrected chi connectivity index (χ2v) is 8.30. The Kier molecular flexibility index (Phi) is 6.20. The molecule has 2 aromatic rings. The molecular weight excluding hydrogens is 366 g/mol. The van der Waals surface area contributed by atoms with Crippen LogP contribution in [0.1, 0.15) is 61.0 Å². The zero-order valence-corrected chi connectivity index (χ0v) is 17.6. The Bertz CT molecular complexity index is 924. The number of carbonyl (C=O) groups is 1. The van der Waals surface area contributed by atoms with Crippen LogP contribution in [-0.2, 0) is 0 Å². The van der Waals surface area contributed by atoms with Gasteiger partial charge in [0.1, 0.15) is 5.69 Å². The molecule has 1 saturated heterocycles. The quantitative estimate of drug-likeness (QED) is 0.534. The lowest BCUT2D eigenvalue weighted by molar-refractivity contribution is -0.384. The Balaban J connectivity index is 1.91. The normalized spacial score (nSPS) is 16.7. The van der Waals surface area contributed by atoms with E-state index in [1.807, 2.05) is 25.1 Å². The number of piperidine rings is 1. The van der Waals surface area contributed by atoms with Gasteiger partial charge in [0.2, 0.25) is 0 Å². The van der Waals surface area contributed by atoms with E-state index in [0.717, 1.165) is 42.7 Å². The van der Waals surface area contributed by atoms with E-state index in [0.29, 0.717) is 17.2 Å². The number of nitro groups is 1. The average molecular weight is 396 g/mol. The van der Waals surface area contributed by atoms with Crippen molar-refractivity contribution in [2.24, 2.45) is 5.92 Å². The molecule has 1 heterocycles. The molecule has 1 aliphatic rings. The van der Waals surface area contributed by atoms with Gasteiger partial charge in [-0.3, -0.25) is 14.9 Å².